The Morgan fingerprint density at radius 3 is 0.942 bits per heavy atom. The van der Waals surface area contributed by atoms with Crippen molar-refractivity contribution in [3.8, 4) is 44.5 Å². The third-order valence-corrected chi connectivity index (χ3v) is 14.9. The molecule has 0 radical (unpaired) electrons. The number of fused-ring (bicyclic) bond motifs is 6. The molecule has 0 bridgehead atoms. The number of nitrogens with zero attached hydrogens (tertiary/aromatic N) is 1. The van der Waals surface area contributed by atoms with Crippen LogP contribution < -0.4 is 4.90 Å². The molecule has 0 fully saturated rings. The van der Waals surface area contributed by atoms with Crippen LogP contribution in [0, 0.1) is 0 Å². The van der Waals surface area contributed by atoms with Crippen molar-refractivity contribution >= 4 is 17.1 Å². The van der Waals surface area contributed by atoms with E-state index in [-0.39, 0.29) is 0 Å². The van der Waals surface area contributed by atoms with E-state index >= 15 is 0 Å². The minimum Gasteiger partial charge on any atom is -0.309 e. The Bertz CT molecular complexity index is 3380. The summed E-state index contributed by atoms with van der Waals surface area (Å²) >= 11 is 0. The van der Waals surface area contributed by atoms with Crippen molar-refractivity contribution in [3.63, 3.8) is 0 Å². The van der Waals surface area contributed by atoms with Gasteiger partial charge in [0.25, 0.3) is 0 Å². The number of hydrogen-bond acceptors (Lipinski definition) is 1. The van der Waals surface area contributed by atoms with Crippen LogP contribution >= 0.6 is 0 Å². The number of hydrogen-bond donors (Lipinski definition) is 0. The third-order valence-electron chi connectivity index (χ3n) is 14.9. The van der Waals surface area contributed by atoms with Gasteiger partial charge >= 0.3 is 0 Å². The quantitative estimate of drug-likeness (QED) is 0.140. The zero-order valence-corrected chi connectivity index (χ0v) is 38.1. The molecule has 0 aromatic heterocycles. The Morgan fingerprint density at radius 1 is 0.203 bits per heavy atom. The molecule has 2 aliphatic rings. The van der Waals surface area contributed by atoms with E-state index in [0.29, 0.717) is 0 Å². The molecule has 0 N–H and O–H groups in total. The molecule has 1 nitrogen and oxygen atoms in total. The standard InChI is InChI=1S/C68H47N/c1-6-24-48(25-7-1)49-44-46-50(47-45-49)55-34-18-21-41-62(55)69(63-42-22-39-60-65(63)56-35-16-19-37-58(56)67(60,51-26-8-2-9-27-51)52-28-10-3-11-29-52)64-43-23-40-61-66(64)57-36-17-20-38-59(57)68(61,53-30-12-4-13-31-53)54-32-14-5-15-33-54/h1-47H. The van der Waals surface area contributed by atoms with Crippen LogP contribution in [0.15, 0.2) is 285 Å². The minimum atomic E-state index is -0.566. The fourth-order valence-corrected chi connectivity index (χ4v) is 12.1. The molecule has 1 heteroatoms. The van der Waals surface area contributed by atoms with Crippen molar-refractivity contribution < 1.29 is 0 Å². The molecule has 0 unspecified atom stereocenters. The van der Waals surface area contributed by atoms with Gasteiger partial charge in [-0.15, -0.1) is 0 Å². The van der Waals surface area contributed by atoms with Gasteiger partial charge in [-0.2, -0.15) is 0 Å². The molecule has 0 aliphatic heterocycles. The van der Waals surface area contributed by atoms with Crippen molar-refractivity contribution in [2.45, 2.75) is 10.8 Å². The lowest BCUT2D eigenvalue weighted by Crippen LogP contribution is -2.28. The number of rotatable bonds is 9. The van der Waals surface area contributed by atoms with Crippen molar-refractivity contribution in [2.24, 2.45) is 0 Å². The Hall–Kier alpha value is -8.78. The van der Waals surface area contributed by atoms with Gasteiger partial charge in [-0.25, -0.2) is 0 Å². The van der Waals surface area contributed by atoms with E-state index in [1.807, 2.05) is 0 Å². The van der Waals surface area contributed by atoms with Crippen LogP contribution in [0.2, 0.25) is 0 Å². The summed E-state index contributed by atoms with van der Waals surface area (Å²) in [5.41, 5.74) is 22.0. The molecule has 11 aromatic rings. The molecule has 0 atom stereocenters. The van der Waals surface area contributed by atoms with Gasteiger partial charge in [0.1, 0.15) is 0 Å². The van der Waals surface area contributed by atoms with Crippen LogP contribution in [-0.4, -0.2) is 0 Å². The van der Waals surface area contributed by atoms with Crippen LogP contribution in [0.1, 0.15) is 44.5 Å². The average molecular weight is 878 g/mol. The Kier molecular flexibility index (Phi) is 9.70. The zero-order valence-electron chi connectivity index (χ0n) is 38.1. The van der Waals surface area contributed by atoms with E-state index in [2.05, 4.69) is 290 Å². The van der Waals surface area contributed by atoms with Crippen LogP contribution in [0.3, 0.4) is 0 Å². The SMILES string of the molecule is c1ccc(-c2ccc(-c3ccccc3N(c3cccc4c3-c3ccccc3C4(c3ccccc3)c3ccccc3)c3cccc4c3-c3ccccc3C4(c3ccccc3)c3ccccc3)cc2)cc1. The Balaban J connectivity index is 1.14. The van der Waals surface area contributed by atoms with Crippen molar-refractivity contribution in [2.75, 3.05) is 4.90 Å². The monoisotopic (exact) mass is 877 g/mol. The van der Waals surface area contributed by atoms with Gasteiger partial charge in [0, 0.05) is 16.7 Å². The number of benzene rings is 11. The highest BCUT2D eigenvalue weighted by atomic mass is 15.2. The highest BCUT2D eigenvalue weighted by molar-refractivity contribution is 6.04. The molecule has 13 rings (SSSR count). The lowest BCUT2D eigenvalue weighted by molar-refractivity contribution is 0.768. The molecule has 0 amide bonds. The summed E-state index contributed by atoms with van der Waals surface area (Å²) in [5.74, 6) is 0. The van der Waals surface area contributed by atoms with Gasteiger partial charge in [-0.05, 0) is 90.5 Å². The Labute approximate surface area is 404 Å². The van der Waals surface area contributed by atoms with Crippen molar-refractivity contribution in [1.29, 1.82) is 0 Å². The second kappa shape index (κ2) is 16.5. The first-order valence-electron chi connectivity index (χ1n) is 24.0. The van der Waals surface area contributed by atoms with E-state index in [4.69, 9.17) is 0 Å². The Morgan fingerprint density at radius 2 is 0.507 bits per heavy atom. The molecule has 2 aliphatic carbocycles. The van der Waals surface area contributed by atoms with Crippen LogP contribution in [0.25, 0.3) is 44.5 Å². The van der Waals surface area contributed by atoms with Crippen molar-refractivity contribution in [1.82, 2.24) is 0 Å². The molecule has 0 saturated heterocycles. The fourth-order valence-electron chi connectivity index (χ4n) is 12.1. The highest BCUT2D eigenvalue weighted by Crippen LogP contribution is 2.63. The molecule has 324 valence electrons. The molecule has 0 heterocycles. The maximum absolute atomic E-state index is 2.60. The second-order valence-corrected chi connectivity index (χ2v) is 18.3. The normalized spacial score (nSPS) is 13.4. The van der Waals surface area contributed by atoms with Gasteiger partial charge in [-0.3, -0.25) is 0 Å². The largest absolute Gasteiger partial charge is 0.309 e. The summed E-state index contributed by atoms with van der Waals surface area (Å²) in [7, 11) is 0. The van der Waals surface area contributed by atoms with Crippen LogP contribution in [0.4, 0.5) is 17.1 Å². The molecular formula is C68H47N. The van der Waals surface area contributed by atoms with E-state index < -0.39 is 10.8 Å². The third kappa shape index (κ3) is 6.10. The van der Waals surface area contributed by atoms with E-state index in [1.54, 1.807) is 0 Å². The summed E-state index contributed by atoms with van der Waals surface area (Å²) in [6.07, 6.45) is 0. The van der Waals surface area contributed by atoms with Gasteiger partial charge in [-0.1, -0.05) is 267 Å². The predicted molar refractivity (Wildman–Crippen MR) is 287 cm³/mol. The lowest BCUT2D eigenvalue weighted by Gasteiger charge is -2.36. The smallest absolute Gasteiger partial charge is 0.0714 e. The molecule has 0 saturated carbocycles. The van der Waals surface area contributed by atoms with Crippen molar-refractivity contribution in [3.05, 3.63) is 330 Å². The van der Waals surface area contributed by atoms with Gasteiger partial charge in [0.2, 0.25) is 0 Å². The maximum Gasteiger partial charge on any atom is 0.0714 e. The van der Waals surface area contributed by atoms with Gasteiger partial charge in [0.15, 0.2) is 0 Å². The van der Waals surface area contributed by atoms with E-state index in [9.17, 15) is 0 Å². The highest BCUT2D eigenvalue weighted by Gasteiger charge is 2.50. The first-order chi connectivity index (χ1) is 34.3. The van der Waals surface area contributed by atoms with Gasteiger partial charge < -0.3 is 4.90 Å². The molecule has 0 spiro atoms. The van der Waals surface area contributed by atoms with Crippen LogP contribution in [-0.2, 0) is 10.8 Å². The van der Waals surface area contributed by atoms with E-state index in [1.165, 1.54) is 77.9 Å². The summed E-state index contributed by atoms with van der Waals surface area (Å²) in [5, 5.41) is 0. The lowest BCUT2D eigenvalue weighted by atomic mass is 9.67. The average Bonchev–Trinajstić information content (AvgIpc) is 3.92. The summed E-state index contributed by atoms with van der Waals surface area (Å²) in [6.45, 7) is 0. The maximum atomic E-state index is 2.60. The molecule has 11 aromatic carbocycles. The zero-order chi connectivity index (χ0) is 45.8. The number of para-hydroxylation sites is 1. The summed E-state index contributed by atoms with van der Waals surface area (Å²) in [6, 6.07) is 106. The molecule has 69 heavy (non-hydrogen) atoms. The second-order valence-electron chi connectivity index (χ2n) is 18.3. The number of anilines is 3. The topological polar surface area (TPSA) is 3.24 Å². The summed E-state index contributed by atoms with van der Waals surface area (Å²) < 4.78 is 0. The van der Waals surface area contributed by atoms with E-state index in [0.717, 1.165) is 28.2 Å². The molecular weight excluding hydrogens is 831 g/mol. The fraction of sp³-hybridized carbons (Fsp3) is 0.0294. The first-order valence-corrected chi connectivity index (χ1v) is 24.0. The van der Waals surface area contributed by atoms with Gasteiger partial charge in [0.05, 0.1) is 27.9 Å². The minimum absolute atomic E-state index is 0.566. The first kappa shape index (κ1) is 40.5. The van der Waals surface area contributed by atoms with Crippen LogP contribution in [0.5, 0.6) is 0 Å². The predicted octanol–water partition coefficient (Wildman–Crippen LogP) is 17.2. The summed E-state index contributed by atoms with van der Waals surface area (Å²) in [4.78, 5) is 2.60.